The fraction of sp³-hybridized carbons (Fsp3) is 0.368. The van der Waals surface area contributed by atoms with Crippen LogP contribution in [-0.2, 0) is 5.41 Å². The van der Waals surface area contributed by atoms with Gasteiger partial charge in [0.2, 0.25) is 0 Å². The van der Waals surface area contributed by atoms with E-state index < -0.39 is 0 Å². The molecular formula is C19H21N. The standard InChI is InChI=1S/C19H21N/c1-3-9-15(10-4-1)18-19(13-7-2-8-14-19)16-11-5-6-12-17(16)20-18/h1,3-6,9-12,18,20H,2,7-8,13-14H2. The van der Waals surface area contributed by atoms with Crippen molar-refractivity contribution >= 4 is 5.69 Å². The summed E-state index contributed by atoms with van der Waals surface area (Å²) in [6.07, 6.45) is 6.75. The van der Waals surface area contributed by atoms with E-state index in [0.717, 1.165) is 0 Å². The Balaban J connectivity index is 1.84. The first-order valence-electron chi connectivity index (χ1n) is 7.81. The first-order chi connectivity index (χ1) is 9.90. The SMILES string of the molecule is c1ccc(C2Nc3ccccc3C23CCCCC3)cc1. The van der Waals surface area contributed by atoms with Gasteiger partial charge in [-0.3, -0.25) is 0 Å². The van der Waals surface area contributed by atoms with Gasteiger partial charge in [-0.25, -0.2) is 0 Å². The van der Waals surface area contributed by atoms with Crippen LogP contribution in [0.15, 0.2) is 54.6 Å². The molecule has 0 amide bonds. The summed E-state index contributed by atoms with van der Waals surface area (Å²) in [6.45, 7) is 0. The molecule has 1 nitrogen and oxygen atoms in total. The fourth-order valence-electron chi connectivity index (χ4n) is 4.28. The number of nitrogens with one attached hydrogen (secondary N) is 1. The van der Waals surface area contributed by atoms with Crippen LogP contribution >= 0.6 is 0 Å². The Hall–Kier alpha value is -1.76. The van der Waals surface area contributed by atoms with E-state index in [1.807, 2.05) is 0 Å². The molecule has 1 unspecified atom stereocenters. The van der Waals surface area contributed by atoms with Crippen LogP contribution in [0.1, 0.15) is 49.3 Å². The molecule has 102 valence electrons. The van der Waals surface area contributed by atoms with E-state index in [-0.39, 0.29) is 0 Å². The predicted molar refractivity (Wildman–Crippen MR) is 84.0 cm³/mol. The van der Waals surface area contributed by atoms with Crippen molar-refractivity contribution in [2.75, 3.05) is 5.32 Å². The third-order valence-electron chi connectivity index (χ3n) is 5.19. The number of anilines is 1. The second-order valence-corrected chi connectivity index (χ2v) is 6.25. The molecule has 1 atom stereocenters. The second kappa shape index (κ2) is 4.66. The van der Waals surface area contributed by atoms with Crippen molar-refractivity contribution in [1.82, 2.24) is 0 Å². The van der Waals surface area contributed by atoms with Crippen molar-refractivity contribution in [2.24, 2.45) is 0 Å². The third kappa shape index (κ3) is 1.69. The topological polar surface area (TPSA) is 12.0 Å². The van der Waals surface area contributed by atoms with Gasteiger partial charge < -0.3 is 5.32 Å². The average Bonchev–Trinajstić information content (AvgIpc) is 2.84. The minimum Gasteiger partial charge on any atom is -0.377 e. The van der Waals surface area contributed by atoms with E-state index >= 15 is 0 Å². The second-order valence-electron chi connectivity index (χ2n) is 6.25. The number of fused-ring (bicyclic) bond motifs is 2. The average molecular weight is 263 g/mol. The summed E-state index contributed by atoms with van der Waals surface area (Å²) in [4.78, 5) is 0. The van der Waals surface area contributed by atoms with Gasteiger partial charge >= 0.3 is 0 Å². The highest BCUT2D eigenvalue weighted by Gasteiger charge is 2.47. The summed E-state index contributed by atoms with van der Waals surface area (Å²) in [6, 6.07) is 20.4. The molecule has 1 saturated carbocycles. The Kier molecular flexibility index (Phi) is 2.80. The minimum atomic E-state index is 0.316. The maximum Gasteiger partial charge on any atom is 0.0611 e. The fourth-order valence-corrected chi connectivity index (χ4v) is 4.28. The first-order valence-corrected chi connectivity index (χ1v) is 7.81. The third-order valence-corrected chi connectivity index (χ3v) is 5.19. The lowest BCUT2D eigenvalue weighted by molar-refractivity contribution is 0.270. The van der Waals surface area contributed by atoms with Gasteiger partial charge in [-0.05, 0) is 30.0 Å². The molecule has 1 fully saturated rings. The maximum absolute atomic E-state index is 3.81. The Morgan fingerprint density at radius 1 is 0.800 bits per heavy atom. The van der Waals surface area contributed by atoms with Crippen molar-refractivity contribution in [3.63, 3.8) is 0 Å². The van der Waals surface area contributed by atoms with Gasteiger partial charge in [0.15, 0.2) is 0 Å². The molecule has 1 aliphatic carbocycles. The van der Waals surface area contributed by atoms with Crippen LogP contribution in [0.2, 0.25) is 0 Å². The summed E-state index contributed by atoms with van der Waals surface area (Å²) in [5, 5.41) is 3.81. The maximum atomic E-state index is 3.81. The number of hydrogen-bond donors (Lipinski definition) is 1. The lowest BCUT2D eigenvalue weighted by atomic mass is 9.65. The Bertz CT molecular complexity index is 596. The van der Waals surface area contributed by atoms with E-state index in [1.54, 1.807) is 5.56 Å². The largest absolute Gasteiger partial charge is 0.377 e. The molecule has 20 heavy (non-hydrogen) atoms. The highest BCUT2D eigenvalue weighted by Crippen LogP contribution is 2.55. The zero-order valence-electron chi connectivity index (χ0n) is 11.8. The molecular weight excluding hydrogens is 242 g/mol. The minimum absolute atomic E-state index is 0.316. The van der Waals surface area contributed by atoms with Gasteiger partial charge in [-0.2, -0.15) is 0 Å². The van der Waals surface area contributed by atoms with Gasteiger partial charge in [-0.1, -0.05) is 67.8 Å². The zero-order valence-corrected chi connectivity index (χ0v) is 11.8. The quantitative estimate of drug-likeness (QED) is 0.758. The van der Waals surface area contributed by atoms with Crippen LogP contribution < -0.4 is 5.32 Å². The molecule has 2 aromatic carbocycles. The number of benzene rings is 2. The highest BCUT2D eigenvalue weighted by atomic mass is 15.0. The van der Waals surface area contributed by atoms with E-state index in [1.165, 1.54) is 43.4 Å². The van der Waals surface area contributed by atoms with E-state index in [0.29, 0.717) is 11.5 Å². The van der Waals surface area contributed by atoms with Crippen LogP contribution in [0, 0.1) is 0 Å². The monoisotopic (exact) mass is 263 g/mol. The van der Waals surface area contributed by atoms with Gasteiger partial charge in [-0.15, -0.1) is 0 Å². The molecule has 1 heteroatoms. The summed E-state index contributed by atoms with van der Waals surface area (Å²) in [5.41, 5.74) is 4.65. The zero-order chi connectivity index (χ0) is 13.4. The highest BCUT2D eigenvalue weighted by molar-refractivity contribution is 5.63. The van der Waals surface area contributed by atoms with Crippen LogP contribution in [0.25, 0.3) is 0 Å². The number of para-hydroxylation sites is 1. The smallest absolute Gasteiger partial charge is 0.0611 e. The van der Waals surface area contributed by atoms with Crippen molar-refractivity contribution < 1.29 is 0 Å². The molecule has 1 aliphatic heterocycles. The van der Waals surface area contributed by atoms with Crippen LogP contribution in [0.3, 0.4) is 0 Å². The summed E-state index contributed by atoms with van der Waals surface area (Å²) >= 11 is 0. The first kappa shape index (κ1) is 12.0. The molecule has 0 aromatic heterocycles. The Morgan fingerprint density at radius 3 is 2.30 bits per heavy atom. The lowest BCUT2D eigenvalue weighted by Gasteiger charge is -2.39. The molecule has 0 bridgehead atoms. The molecule has 1 N–H and O–H groups in total. The molecule has 0 saturated heterocycles. The number of rotatable bonds is 1. The van der Waals surface area contributed by atoms with Crippen molar-refractivity contribution in [2.45, 2.75) is 43.6 Å². The van der Waals surface area contributed by atoms with Crippen molar-refractivity contribution in [3.8, 4) is 0 Å². The van der Waals surface area contributed by atoms with Crippen LogP contribution in [-0.4, -0.2) is 0 Å². The molecule has 0 radical (unpaired) electrons. The van der Waals surface area contributed by atoms with Crippen molar-refractivity contribution in [3.05, 3.63) is 65.7 Å². The molecule has 1 spiro atoms. The van der Waals surface area contributed by atoms with E-state index in [9.17, 15) is 0 Å². The molecule has 2 aromatic rings. The molecule has 1 heterocycles. The van der Waals surface area contributed by atoms with Gasteiger partial charge in [0.1, 0.15) is 0 Å². The van der Waals surface area contributed by atoms with Gasteiger partial charge in [0.25, 0.3) is 0 Å². The normalized spacial score (nSPS) is 23.3. The summed E-state index contributed by atoms with van der Waals surface area (Å²) in [7, 11) is 0. The Morgan fingerprint density at radius 2 is 1.50 bits per heavy atom. The predicted octanol–water partition coefficient (Wildman–Crippen LogP) is 5.06. The van der Waals surface area contributed by atoms with Crippen LogP contribution in [0.4, 0.5) is 5.69 Å². The van der Waals surface area contributed by atoms with E-state index in [4.69, 9.17) is 0 Å². The van der Waals surface area contributed by atoms with Crippen molar-refractivity contribution in [1.29, 1.82) is 0 Å². The molecule has 4 rings (SSSR count). The number of hydrogen-bond acceptors (Lipinski definition) is 1. The van der Waals surface area contributed by atoms with Crippen LogP contribution in [0.5, 0.6) is 0 Å². The lowest BCUT2D eigenvalue weighted by Crippen LogP contribution is -2.34. The summed E-state index contributed by atoms with van der Waals surface area (Å²) in [5.74, 6) is 0. The van der Waals surface area contributed by atoms with E-state index in [2.05, 4.69) is 59.9 Å². The van der Waals surface area contributed by atoms with Gasteiger partial charge in [0, 0.05) is 11.1 Å². The Labute approximate surface area is 121 Å². The van der Waals surface area contributed by atoms with Gasteiger partial charge in [0.05, 0.1) is 6.04 Å². The summed E-state index contributed by atoms with van der Waals surface area (Å²) < 4.78 is 0. The molecule has 2 aliphatic rings.